The number of carbonyl (C=O) groups is 2. The number of ether oxygens (including phenoxy) is 1. The van der Waals surface area contributed by atoms with Crippen LogP contribution >= 0.6 is 11.8 Å². The van der Waals surface area contributed by atoms with Crippen LogP contribution in [0.3, 0.4) is 0 Å². The highest BCUT2D eigenvalue weighted by molar-refractivity contribution is 8.00. The highest BCUT2D eigenvalue weighted by atomic mass is 32.2. The summed E-state index contributed by atoms with van der Waals surface area (Å²) in [5, 5.41) is 5.61. The SMILES string of the molecule is Cc1ccc(Oc2ccccc2NC(=O)c2ccc3c(c2)NC(=O)C(C)S3)cc1. The maximum absolute atomic E-state index is 12.8. The molecule has 3 aromatic rings. The zero-order valence-electron chi connectivity index (χ0n) is 16.1. The summed E-state index contributed by atoms with van der Waals surface area (Å²) in [6, 6.07) is 20.3. The van der Waals surface area contributed by atoms with Gasteiger partial charge in [0, 0.05) is 10.5 Å². The summed E-state index contributed by atoms with van der Waals surface area (Å²) >= 11 is 1.49. The maximum Gasteiger partial charge on any atom is 0.255 e. The molecule has 2 N–H and O–H groups in total. The standard InChI is InChI=1S/C23H20N2O3S/c1-14-7-10-17(11-8-14)28-20-6-4-3-5-18(20)24-23(27)16-9-12-21-19(13-16)25-22(26)15(2)29-21/h3-13,15H,1-2H3,(H,24,27)(H,25,26). The van der Waals surface area contributed by atoms with Gasteiger partial charge in [0.15, 0.2) is 5.75 Å². The van der Waals surface area contributed by atoms with Gasteiger partial charge in [0.2, 0.25) is 5.91 Å². The molecule has 1 aliphatic heterocycles. The number of hydrogen-bond acceptors (Lipinski definition) is 4. The lowest BCUT2D eigenvalue weighted by molar-refractivity contribution is -0.115. The average Bonchev–Trinajstić information content (AvgIpc) is 2.71. The van der Waals surface area contributed by atoms with Crippen molar-refractivity contribution in [1.82, 2.24) is 0 Å². The number of anilines is 2. The van der Waals surface area contributed by atoms with Crippen LogP contribution in [0.5, 0.6) is 11.5 Å². The molecule has 0 spiro atoms. The van der Waals surface area contributed by atoms with Gasteiger partial charge in [0.1, 0.15) is 5.75 Å². The molecule has 29 heavy (non-hydrogen) atoms. The molecule has 5 nitrogen and oxygen atoms in total. The third-order valence-electron chi connectivity index (χ3n) is 4.56. The molecule has 3 aromatic carbocycles. The lowest BCUT2D eigenvalue weighted by atomic mass is 10.1. The molecule has 0 fully saturated rings. The number of rotatable bonds is 4. The van der Waals surface area contributed by atoms with Crippen LogP contribution in [0.1, 0.15) is 22.8 Å². The van der Waals surface area contributed by atoms with Crippen molar-refractivity contribution in [2.75, 3.05) is 10.6 Å². The predicted octanol–water partition coefficient (Wildman–Crippen LogP) is 5.47. The number of para-hydroxylation sites is 2. The van der Waals surface area contributed by atoms with E-state index in [4.69, 9.17) is 4.74 Å². The van der Waals surface area contributed by atoms with Gasteiger partial charge in [-0.05, 0) is 56.3 Å². The van der Waals surface area contributed by atoms with E-state index >= 15 is 0 Å². The van der Waals surface area contributed by atoms with E-state index in [9.17, 15) is 9.59 Å². The number of hydrogen-bond donors (Lipinski definition) is 2. The van der Waals surface area contributed by atoms with Crippen LogP contribution in [0.15, 0.2) is 71.6 Å². The third kappa shape index (κ3) is 4.27. The minimum atomic E-state index is -0.273. The fourth-order valence-corrected chi connectivity index (χ4v) is 3.87. The van der Waals surface area contributed by atoms with Crippen LogP contribution in [-0.2, 0) is 4.79 Å². The highest BCUT2D eigenvalue weighted by Crippen LogP contribution is 2.36. The largest absolute Gasteiger partial charge is 0.455 e. The Morgan fingerprint density at radius 2 is 1.83 bits per heavy atom. The van der Waals surface area contributed by atoms with Gasteiger partial charge in [-0.1, -0.05) is 29.8 Å². The monoisotopic (exact) mass is 404 g/mol. The fraction of sp³-hybridized carbons (Fsp3) is 0.130. The van der Waals surface area contributed by atoms with Gasteiger partial charge in [-0.15, -0.1) is 11.8 Å². The fourth-order valence-electron chi connectivity index (χ4n) is 2.94. The molecule has 0 bridgehead atoms. The van der Waals surface area contributed by atoms with Crippen LogP contribution in [0.2, 0.25) is 0 Å². The second-order valence-corrected chi connectivity index (χ2v) is 8.21. The number of nitrogens with one attached hydrogen (secondary N) is 2. The van der Waals surface area contributed by atoms with Crippen molar-refractivity contribution in [3.63, 3.8) is 0 Å². The zero-order chi connectivity index (χ0) is 20.4. The first-order chi connectivity index (χ1) is 14.0. The molecule has 2 amide bonds. The molecule has 0 radical (unpaired) electrons. The summed E-state index contributed by atoms with van der Waals surface area (Å²) in [4.78, 5) is 25.7. The van der Waals surface area contributed by atoms with Gasteiger partial charge >= 0.3 is 0 Å². The van der Waals surface area contributed by atoms with Gasteiger partial charge in [0.25, 0.3) is 5.91 Å². The molecule has 0 saturated heterocycles. The molecular weight excluding hydrogens is 384 g/mol. The topological polar surface area (TPSA) is 67.4 Å². The summed E-state index contributed by atoms with van der Waals surface area (Å²) < 4.78 is 5.94. The molecule has 1 heterocycles. The van der Waals surface area contributed by atoms with Crippen molar-refractivity contribution in [2.45, 2.75) is 24.0 Å². The molecule has 1 atom stereocenters. The first-order valence-corrected chi connectivity index (χ1v) is 10.1. The van der Waals surface area contributed by atoms with Crippen molar-refractivity contribution < 1.29 is 14.3 Å². The predicted molar refractivity (Wildman–Crippen MR) is 116 cm³/mol. The Morgan fingerprint density at radius 1 is 1.07 bits per heavy atom. The first kappa shape index (κ1) is 19.1. The van der Waals surface area contributed by atoms with Crippen LogP contribution < -0.4 is 15.4 Å². The smallest absolute Gasteiger partial charge is 0.255 e. The lowest BCUT2D eigenvalue weighted by Crippen LogP contribution is -2.26. The molecule has 6 heteroatoms. The molecule has 4 rings (SSSR count). The van der Waals surface area contributed by atoms with E-state index in [0.29, 0.717) is 28.4 Å². The van der Waals surface area contributed by atoms with Crippen molar-refractivity contribution >= 4 is 35.0 Å². The third-order valence-corrected chi connectivity index (χ3v) is 5.73. The molecule has 1 unspecified atom stereocenters. The number of carbonyl (C=O) groups excluding carboxylic acids is 2. The van der Waals surface area contributed by atoms with Crippen molar-refractivity contribution in [3.05, 3.63) is 77.9 Å². The summed E-state index contributed by atoms with van der Waals surface area (Å²) in [6.07, 6.45) is 0. The second-order valence-electron chi connectivity index (χ2n) is 6.83. The van der Waals surface area contributed by atoms with Crippen LogP contribution in [0.4, 0.5) is 11.4 Å². The van der Waals surface area contributed by atoms with Crippen LogP contribution in [-0.4, -0.2) is 17.1 Å². The normalized spacial score (nSPS) is 15.2. The van der Waals surface area contributed by atoms with E-state index in [2.05, 4.69) is 10.6 Å². The van der Waals surface area contributed by atoms with Crippen molar-refractivity contribution in [3.8, 4) is 11.5 Å². The van der Waals surface area contributed by atoms with Crippen LogP contribution in [0, 0.1) is 6.92 Å². The molecule has 0 aliphatic carbocycles. The zero-order valence-corrected chi connectivity index (χ0v) is 16.9. The molecule has 0 aromatic heterocycles. The highest BCUT2D eigenvalue weighted by Gasteiger charge is 2.24. The van der Waals surface area contributed by atoms with E-state index in [-0.39, 0.29) is 17.1 Å². The number of aryl methyl sites for hydroxylation is 1. The number of fused-ring (bicyclic) bond motifs is 1. The Morgan fingerprint density at radius 3 is 2.62 bits per heavy atom. The average molecular weight is 404 g/mol. The van der Waals surface area contributed by atoms with E-state index in [1.165, 1.54) is 11.8 Å². The number of benzene rings is 3. The molecule has 0 saturated carbocycles. The van der Waals surface area contributed by atoms with E-state index in [1.54, 1.807) is 24.3 Å². The van der Waals surface area contributed by atoms with Gasteiger partial charge in [-0.25, -0.2) is 0 Å². The Labute approximate surface area is 173 Å². The van der Waals surface area contributed by atoms with E-state index < -0.39 is 0 Å². The minimum absolute atomic E-state index is 0.0584. The Hall–Kier alpha value is -3.25. The van der Waals surface area contributed by atoms with E-state index in [0.717, 1.165) is 10.5 Å². The summed E-state index contributed by atoms with van der Waals surface area (Å²) in [5.74, 6) is 0.919. The molecule has 146 valence electrons. The first-order valence-electron chi connectivity index (χ1n) is 9.26. The van der Waals surface area contributed by atoms with Gasteiger partial charge < -0.3 is 15.4 Å². The Bertz CT molecular complexity index is 1080. The minimum Gasteiger partial charge on any atom is -0.455 e. The Balaban J connectivity index is 1.54. The Kier molecular flexibility index (Phi) is 5.27. The van der Waals surface area contributed by atoms with Crippen molar-refractivity contribution in [1.29, 1.82) is 0 Å². The van der Waals surface area contributed by atoms with Gasteiger partial charge in [0.05, 0.1) is 16.6 Å². The van der Waals surface area contributed by atoms with Crippen molar-refractivity contribution in [2.24, 2.45) is 0 Å². The summed E-state index contributed by atoms with van der Waals surface area (Å²) in [7, 11) is 0. The summed E-state index contributed by atoms with van der Waals surface area (Å²) in [5.41, 5.74) is 2.84. The second kappa shape index (κ2) is 8.01. The molecular formula is C23H20N2O3S. The maximum atomic E-state index is 12.8. The van der Waals surface area contributed by atoms with E-state index in [1.807, 2.05) is 56.3 Å². The lowest BCUT2D eigenvalue weighted by Gasteiger charge is -2.21. The van der Waals surface area contributed by atoms with Gasteiger partial charge in [-0.3, -0.25) is 9.59 Å². The number of thioether (sulfide) groups is 1. The van der Waals surface area contributed by atoms with Gasteiger partial charge in [-0.2, -0.15) is 0 Å². The number of amides is 2. The quantitative estimate of drug-likeness (QED) is 0.605. The van der Waals surface area contributed by atoms with Crippen LogP contribution in [0.25, 0.3) is 0 Å². The molecule has 1 aliphatic rings. The summed E-state index contributed by atoms with van der Waals surface area (Å²) in [6.45, 7) is 3.87.